The number of nitrogens with zero attached hydrogens (tertiary/aromatic N) is 4. The normalized spacial score (nSPS) is 23.0. The summed E-state index contributed by atoms with van der Waals surface area (Å²) in [6.07, 6.45) is 7.38. The van der Waals surface area contributed by atoms with Gasteiger partial charge in [0.2, 0.25) is 5.91 Å². The van der Waals surface area contributed by atoms with E-state index in [9.17, 15) is 9.59 Å². The van der Waals surface area contributed by atoms with Gasteiger partial charge in [-0.15, -0.1) is 0 Å². The van der Waals surface area contributed by atoms with Gasteiger partial charge in [0.15, 0.2) is 0 Å². The maximum absolute atomic E-state index is 13.1. The van der Waals surface area contributed by atoms with Crippen LogP contribution in [-0.2, 0) is 11.3 Å². The first kappa shape index (κ1) is 16.8. The first-order chi connectivity index (χ1) is 12.6. The van der Waals surface area contributed by atoms with Crippen LogP contribution in [0.2, 0.25) is 0 Å². The second-order valence-corrected chi connectivity index (χ2v) is 7.26. The van der Waals surface area contributed by atoms with E-state index < -0.39 is 5.41 Å². The van der Waals surface area contributed by atoms with Gasteiger partial charge in [0.25, 0.3) is 5.91 Å². The minimum Gasteiger partial charge on any atom is -0.364 e. The van der Waals surface area contributed by atoms with Gasteiger partial charge in [0.1, 0.15) is 11.8 Å². The summed E-state index contributed by atoms with van der Waals surface area (Å²) < 4.78 is 4.90. The molecule has 0 bridgehead atoms. The number of carbonyl (C=O) groups is 2. The second-order valence-electron chi connectivity index (χ2n) is 7.26. The lowest BCUT2D eigenvalue weighted by molar-refractivity contribution is -0.138. The Balaban J connectivity index is 1.49. The van der Waals surface area contributed by atoms with Crippen LogP contribution < -0.4 is 0 Å². The Kier molecular flexibility index (Phi) is 4.22. The first-order valence-corrected chi connectivity index (χ1v) is 8.98. The van der Waals surface area contributed by atoms with Crippen molar-refractivity contribution in [3.63, 3.8) is 0 Å². The number of amides is 2. The van der Waals surface area contributed by atoms with Crippen molar-refractivity contribution in [1.29, 1.82) is 0 Å². The number of hydrogen-bond acceptors (Lipinski definition) is 5. The van der Waals surface area contributed by atoms with Crippen LogP contribution in [0.25, 0.3) is 0 Å². The molecule has 0 radical (unpaired) electrons. The van der Waals surface area contributed by atoms with E-state index in [2.05, 4.69) is 10.1 Å². The highest BCUT2D eigenvalue weighted by Crippen LogP contribution is 2.41. The van der Waals surface area contributed by atoms with Crippen LogP contribution in [-0.4, -0.2) is 51.4 Å². The summed E-state index contributed by atoms with van der Waals surface area (Å²) in [7, 11) is 0. The van der Waals surface area contributed by atoms with E-state index in [-0.39, 0.29) is 11.8 Å². The maximum Gasteiger partial charge on any atom is 0.259 e. The van der Waals surface area contributed by atoms with Gasteiger partial charge in [-0.1, -0.05) is 11.2 Å². The highest BCUT2D eigenvalue weighted by atomic mass is 16.5. The third kappa shape index (κ3) is 2.87. The summed E-state index contributed by atoms with van der Waals surface area (Å²) in [5.74, 6) is 0.0576. The topological polar surface area (TPSA) is 79.5 Å². The lowest BCUT2D eigenvalue weighted by atomic mass is 9.78. The van der Waals surface area contributed by atoms with Crippen molar-refractivity contribution in [3.8, 4) is 0 Å². The fraction of sp³-hybridized carbons (Fsp3) is 0.474. The molecule has 2 fully saturated rings. The lowest BCUT2D eigenvalue weighted by Gasteiger charge is -2.39. The molecule has 0 N–H and O–H groups in total. The predicted octanol–water partition coefficient (Wildman–Crippen LogP) is 2.03. The van der Waals surface area contributed by atoms with Crippen molar-refractivity contribution in [1.82, 2.24) is 19.9 Å². The van der Waals surface area contributed by atoms with Crippen molar-refractivity contribution in [3.05, 3.63) is 47.6 Å². The van der Waals surface area contributed by atoms with E-state index in [1.54, 1.807) is 24.2 Å². The van der Waals surface area contributed by atoms with Gasteiger partial charge < -0.3 is 14.3 Å². The van der Waals surface area contributed by atoms with E-state index in [4.69, 9.17) is 4.52 Å². The zero-order chi connectivity index (χ0) is 18.1. The SMILES string of the molecule is Cc1nocc1C(=O)N1CCCC2(CCN(Cc3cccnc3)C2=O)C1. The number of pyridine rings is 1. The Hall–Kier alpha value is -2.70. The molecule has 4 rings (SSSR count). The number of likely N-dealkylation sites (tertiary alicyclic amines) is 2. The smallest absolute Gasteiger partial charge is 0.259 e. The summed E-state index contributed by atoms with van der Waals surface area (Å²) in [6, 6.07) is 3.87. The number of aromatic nitrogens is 2. The molecule has 1 spiro atoms. The minimum atomic E-state index is -0.457. The van der Waals surface area contributed by atoms with Gasteiger partial charge >= 0.3 is 0 Å². The molecule has 1 unspecified atom stereocenters. The van der Waals surface area contributed by atoms with Crippen LogP contribution in [0, 0.1) is 12.3 Å². The monoisotopic (exact) mass is 354 g/mol. The molecular formula is C19H22N4O3. The molecule has 2 saturated heterocycles. The molecule has 7 heteroatoms. The number of carbonyl (C=O) groups excluding carboxylic acids is 2. The average molecular weight is 354 g/mol. The van der Waals surface area contributed by atoms with E-state index in [0.29, 0.717) is 30.9 Å². The fourth-order valence-corrected chi connectivity index (χ4v) is 4.11. The molecule has 7 nitrogen and oxygen atoms in total. The zero-order valence-corrected chi connectivity index (χ0v) is 14.9. The van der Waals surface area contributed by atoms with E-state index in [1.165, 1.54) is 6.26 Å². The molecule has 136 valence electrons. The van der Waals surface area contributed by atoms with E-state index in [1.807, 2.05) is 17.0 Å². The minimum absolute atomic E-state index is 0.0960. The molecule has 2 amide bonds. The lowest BCUT2D eigenvalue weighted by Crippen LogP contribution is -2.49. The van der Waals surface area contributed by atoms with Gasteiger partial charge in [0, 0.05) is 38.6 Å². The Morgan fingerprint density at radius 2 is 2.23 bits per heavy atom. The molecule has 1 atom stereocenters. The van der Waals surface area contributed by atoms with Crippen LogP contribution in [0.3, 0.4) is 0 Å². The van der Waals surface area contributed by atoms with Crippen LogP contribution in [0.15, 0.2) is 35.3 Å². The molecule has 4 heterocycles. The highest BCUT2D eigenvalue weighted by molar-refractivity contribution is 5.95. The Morgan fingerprint density at radius 1 is 1.35 bits per heavy atom. The van der Waals surface area contributed by atoms with Crippen molar-refractivity contribution in [2.24, 2.45) is 5.41 Å². The molecular weight excluding hydrogens is 332 g/mol. The van der Waals surface area contributed by atoms with Gasteiger partial charge in [0.05, 0.1) is 11.1 Å². The van der Waals surface area contributed by atoms with Gasteiger partial charge in [-0.25, -0.2) is 0 Å². The Morgan fingerprint density at radius 3 is 2.96 bits per heavy atom. The molecule has 2 aliphatic rings. The second kappa shape index (κ2) is 6.55. The van der Waals surface area contributed by atoms with Gasteiger partial charge in [-0.2, -0.15) is 0 Å². The standard InChI is InChI=1S/C19H22N4O3/c1-14-16(12-26-21-14)17(24)23-8-3-5-19(13-23)6-9-22(18(19)25)11-15-4-2-7-20-10-15/h2,4,7,10,12H,3,5-6,8-9,11,13H2,1H3. The number of hydrogen-bond donors (Lipinski definition) is 0. The van der Waals surface area contributed by atoms with Crippen LogP contribution in [0.1, 0.15) is 40.9 Å². The van der Waals surface area contributed by atoms with E-state index in [0.717, 1.165) is 31.4 Å². The van der Waals surface area contributed by atoms with Gasteiger partial charge in [-0.3, -0.25) is 14.6 Å². The summed E-state index contributed by atoms with van der Waals surface area (Å²) in [5, 5.41) is 3.79. The fourth-order valence-electron chi connectivity index (χ4n) is 4.11. The maximum atomic E-state index is 13.1. The predicted molar refractivity (Wildman–Crippen MR) is 93.1 cm³/mol. The summed E-state index contributed by atoms with van der Waals surface area (Å²) >= 11 is 0. The number of piperidine rings is 1. The van der Waals surface area contributed by atoms with Crippen LogP contribution in [0.4, 0.5) is 0 Å². The third-order valence-electron chi connectivity index (χ3n) is 5.54. The molecule has 2 aromatic heterocycles. The number of rotatable bonds is 3. The largest absolute Gasteiger partial charge is 0.364 e. The van der Waals surface area contributed by atoms with E-state index >= 15 is 0 Å². The summed E-state index contributed by atoms with van der Waals surface area (Å²) in [4.78, 5) is 33.7. The summed E-state index contributed by atoms with van der Waals surface area (Å²) in [5.41, 5.74) is 1.65. The molecule has 0 aromatic carbocycles. The summed E-state index contributed by atoms with van der Waals surface area (Å²) in [6.45, 7) is 4.20. The average Bonchev–Trinajstić information content (AvgIpc) is 3.21. The van der Waals surface area contributed by atoms with Crippen LogP contribution in [0.5, 0.6) is 0 Å². The van der Waals surface area contributed by atoms with Crippen molar-refractivity contribution >= 4 is 11.8 Å². The highest BCUT2D eigenvalue weighted by Gasteiger charge is 2.49. The Bertz CT molecular complexity index is 819. The van der Waals surface area contributed by atoms with Crippen molar-refractivity contribution in [2.75, 3.05) is 19.6 Å². The first-order valence-electron chi connectivity index (χ1n) is 8.98. The number of aryl methyl sites for hydroxylation is 1. The quantitative estimate of drug-likeness (QED) is 0.843. The van der Waals surface area contributed by atoms with Crippen molar-refractivity contribution in [2.45, 2.75) is 32.7 Å². The Labute approximate surface area is 152 Å². The zero-order valence-electron chi connectivity index (χ0n) is 14.9. The van der Waals surface area contributed by atoms with Crippen molar-refractivity contribution < 1.29 is 14.1 Å². The molecule has 2 aromatic rings. The molecule has 2 aliphatic heterocycles. The molecule has 26 heavy (non-hydrogen) atoms. The molecule has 0 aliphatic carbocycles. The third-order valence-corrected chi connectivity index (χ3v) is 5.54. The molecule has 0 saturated carbocycles. The van der Waals surface area contributed by atoms with Crippen LogP contribution >= 0.6 is 0 Å². The van der Waals surface area contributed by atoms with Gasteiger partial charge in [-0.05, 0) is 37.8 Å².